The molecular formula is C31H60N4O4S2. The second-order valence-corrected chi connectivity index (χ2v) is 15.8. The molecule has 0 aliphatic heterocycles. The number of nitrogens with one attached hydrogen (secondary N) is 2. The second-order valence-electron chi connectivity index (χ2n) is 11.4. The number of hydrogen-bond acceptors (Lipinski definition) is 6. The van der Waals surface area contributed by atoms with Gasteiger partial charge in [-0.15, -0.1) is 0 Å². The van der Waals surface area contributed by atoms with Crippen molar-refractivity contribution < 1.29 is 16.8 Å². The van der Waals surface area contributed by atoms with Gasteiger partial charge in [-0.1, -0.05) is 117 Å². The van der Waals surface area contributed by atoms with Crippen LogP contribution in [0.2, 0.25) is 0 Å². The lowest BCUT2D eigenvalue weighted by molar-refractivity contribution is 0.470. The van der Waals surface area contributed by atoms with Crippen LogP contribution in [0, 0.1) is 22.7 Å². The molecule has 240 valence electrons. The minimum atomic E-state index is -4.11. The van der Waals surface area contributed by atoms with Crippen molar-refractivity contribution in [3.63, 3.8) is 0 Å². The highest BCUT2D eigenvalue weighted by atomic mass is 32.3. The van der Waals surface area contributed by atoms with Crippen molar-refractivity contribution in [3.05, 3.63) is 0 Å². The molecule has 0 fully saturated rings. The lowest BCUT2D eigenvalue weighted by Gasteiger charge is -2.33. The zero-order chi connectivity index (χ0) is 30.7. The smallest absolute Gasteiger partial charge is 0.214 e. The summed E-state index contributed by atoms with van der Waals surface area (Å²) in [6.45, 7) is 4.43. The second kappa shape index (κ2) is 25.3. The Morgan fingerprint density at radius 1 is 0.488 bits per heavy atom. The van der Waals surface area contributed by atoms with E-state index in [0.29, 0.717) is 38.5 Å². The fourth-order valence-corrected chi connectivity index (χ4v) is 9.67. The summed E-state index contributed by atoms with van der Waals surface area (Å²) in [4.78, 5) is 0. The van der Waals surface area contributed by atoms with Crippen molar-refractivity contribution in [3.8, 4) is 12.1 Å². The van der Waals surface area contributed by atoms with E-state index in [0.717, 1.165) is 103 Å². The summed E-state index contributed by atoms with van der Waals surface area (Å²) in [6.07, 6.45) is 20.0. The molecule has 2 N–H and O–H groups in total. The van der Waals surface area contributed by atoms with Crippen LogP contribution in [-0.2, 0) is 20.0 Å². The van der Waals surface area contributed by atoms with E-state index in [1.807, 2.05) is 13.8 Å². The van der Waals surface area contributed by atoms with Gasteiger partial charge in [-0.2, -0.15) is 10.5 Å². The van der Waals surface area contributed by atoms with Gasteiger partial charge in [0, 0.05) is 25.9 Å². The molecule has 0 saturated heterocycles. The van der Waals surface area contributed by atoms with Gasteiger partial charge in [0.05, 0.1) is 12.1 Å². The van der Waals surface area contributed by atoms with Crippen molar-refractivity contribution in [2.75, 3.05) is 13.1 Å². The summed E-state index contributed by atoms with van der Waals surface area (Å²) in [7, 11) is -8.22. The molecule has 0 spiro atoms. The van der Waals surface area contributed by atoms with Gasteiger partial charge < -0.3 is 0 Å². The molecule has 0 aromatic carbocycles. The molecule has 0 aromatic rings. The summed E-state index contributed by atoms with van der Waals surface area (Å²) in [5.41, 5.74) is 0. The molecule has 0 saturated carbocycles. The highest BCUT2D eigenvalue weighted by Crippen LogP contribution is 2.35. The molecule has 0 aliphatic rings. The Hall–Kier alpha value is -1.20. The molecule has 0 atom stereocenters. The summed E-state index contributed by atoms with van der Waals surface area (Å²) < 4.78 is 58.4. The molecule has 0 unspecified atom stereocenters. The van der Waals surface area contributed by atoms with E-state index in [4.69, 9.17) is 10.5 Å². The third kappa shape index (κ3) is 17.5. The van der Waals surface area contributed by atoms with Crippen LogP contribution in [0.15, 0.2) is 0 Å². The Labute approximate surface area is 253 Å². The predicted octanol–water partition coefficient (Wildman–Crippen LogP) is 7.97. The van der Waals surface area contributed by atoms with Gasteiger partial charge in [0.1, 0.15) is 0 Å². The van der Waals surface area contributed by atoms with E-state index in [1.54, 1.807) is 0 Å². The van der Waals surface area contributed by atoms with Crippen molar-refractivity contribution in [2.45, 2.75) is 172 Å². The molecule has 0 amide bonds. The third-order valence-corrected chi connectivity index (χ3v) is 13.1. The van der Waals surface area contributed by atoms with Crippen molar-refractivity contribution in [2.24, 2.45) is 0 Å². The first-order valence-corrected chi connectivity index (χ1v) is 19.4. The fourth-order valence-electron chi connectivity index (χ4n) is 5.15. The fraction of sp³-hybridized carbons (Fsp3) is 0.935. The van der Waals surface area contributed by atoms with Gasteiger partial charge in [0.25, 0.3) is 0 Å². The molecule has 10 heteroatoms. The van der Waals surface area contributed by atoms with Gasteiger partial charge >= 0.3 is 0 Å². The Morgan fingerprint density at radius 2 is 0.780 bits per heavy atom. The van der Waals surface area contributed by atoms with E-state index in [1.165, 1.54) is 0 Å². The van der Waals surface area contributed by atoms with Crippen LogP contribution in [-0.4, -0.2) is 34.0 Å². The van der Waals surface area contributed by atoms with E-state index < -0.39 is 24.1 Å². The molecule has 0 aliphatic carbocycles. The van der Waals surface area contributed by atoms with Crippen LogP contribution in [0.5, 0.6) is 0 Å². The molecule has 0 aromatic heterocycles. The van der Waals surface area contributed by atoms with Gasteiger partial charge in [-0.25, -0.2) is 26.3 Å². The minimum Gasteiger partial charge on any atom is -0.214 e. The van der Waals surface area contributed by atoms with Crippen molar-refractivity contribution in [1.82, 2.24) is 9.44 Å². The zero-order valence-electron chi connectivity index (χ0n) is 26.2. The quantitative estimate of drug-likeness (QED) is 0.0784. The maximum Gasteiger partial charge on any atom is 0.233 e. The molecule has 0 heterocycles. The first-order valence-electron chi connectivity index (χ1n) is 16.5. The van der Waals surface area contributed by atoms with Crippen LogP contribution < -0.4 is 9.44 Å². The largest absolute Gasteiger partial charge is 0.233 e. The van der Waals surface area contributed by atoms with E-state index in [-0.39, 0.29) is 25.9 Å². The van der Waals surface area contributed by atoms with Crippen LogP contribution in [0.25, 0.3) is 0 Å². The SMILES string of the molecule is CCCCC(CCCC)(S(=O)(=O)NCCCCCCCCCCC#N)S(=O)(=O)NCCCCCCCCCCC#N. The third-order valence-electron chi connectivity index (χ3n) is 7.82. The van der Waals surface area contributed by atoms with Gasteiger partial charge in [-0.05, 0) is 38.5 Å². The summed E-state index contributed by atoms with van der Waals surface area (Å²) in [5.74, 6) is 0. The van der Waals surface area contributed by atoms with Crippen LogP contribution in [0.4, 0.5) is 0 Å². The molecule has 0 rings (SSSR count). The average molecular weight is 617 g/mol. The summed E-state index contributed by atoms with van der Waals surface area (Å²) in [6, 6.07) is 4.34. The van der Waals surface area contributed by atoms with Crippen LogP contribution in [0.1, 0.15) is 168 Å². The number of unbranched alkanes of at least 4 members (excludes halogenated alkanes) is 18. The monoisotopic (exact) mass is 616 g/mol. The van der Waals surface area contributed by atoms with Crippen molar-refractivity contribution >= 4 is 20.0 Å². The number of nitriles is 2. The first-order chi connectivity index (χ1) is 19.7. The summed E-state index contributed by atoms with van der Waals surface area (Å²) >= 11 is 0. The normalized spacial score (nSPS) is 12.3. The maximum atomic E-state index is 13.7. The molecule has 0 bridgehead atoms. The Bertz CT molecular complexity index is 849. The first kappa shape index (κ1) is 39.8. The topological polar surface area (TPSA) is 140 Å². The van der Waals surface area contributed by atoms with Crippen molar-refractivity contribution in [1.29, 1.82) is 10.5 Å². The number of rotatable bonds is 30. The van der Waals surface area contributed by atoms with Crippen LogP contribution >= 0.6 is 0 Å². The Kier molecular flexibility index (Phi) is 24.6. The lowest BCUT2D eigenvalue weighted by Crippen LogP contribution is -2.56. The Morgan fingerprint density at radius 3 is 1.07 bits per heavy atom. The van der Waals surface area contributed by atoms with Gasteiger partial charge in [0.2, 0.25) is 24.1 Å². The van der Waals surface area contributed by atoms with E-state index in [2.05, 4.69) is 21.6 Å². The minimum absolute atomic E-state index is 0.103. The lowest BCUT2D eigenvalue weighted by atomic mass is 10.1. The molecule has 41 heavy (non-hydrogen) atoms. The maximum absolute atomic E-state index is 13.7. The molecular weight excluding hydrogens is 556 g/mol. The van der Waals surface area contributed by atoms with E-state index in [9.17, 15) is 16.8 Å². The predicted molar refractivity (Wildman–Crippen MR) is 170 cm³/mol. The number of sulfonamides is 2. The Balaban J connectivity index is 4.89. The molecule has 8 nitrogen and oxygen atoms in total. The zero-order valence-corrected chi connectivity index (χ0v) is 27.9. The highest BCUT2D eigenvalue weighted by molar-refractivity contribution is 8.08. The van der Waals surface area contributed by atoms with Crippen LogP contribution in [0.3, 0.4) is 0 Å². The summed E-state index contributed by atoms with van der Waals surface area (Å²) in [5, 5.41) is 17.2. The van der Waals surface area contributed by atoms with E-state index >= 15 is 0 Å². The average Bonchev–Trinajstić information content (AvgIpc) is 2.94. The highest BCUT2D eigenvalue weighted by Gasteiger charge is 2.53. The standard InChI is InChI=1S/C31H60N4O4S2/c1-3-5-25-31(26-6-4-2,40(36,37)34-29-23-19-15-11-7-9-13-17-21-27-32)41(38,39)35-30-24-20-16-12-8-10-14-18-22-28-33/h34-35H,3-26,29-30H2,1-2H3. The number of nitrogens with zero attached hydrogens (tertiary/aromatic N) is 2. The molecule has 0 radical (unpaired) electrons. The van der Waals surface area contributed by atoms with Gasteiger partial charge in [-0.3, -0.25) is 0 Å². The van der Waals surface area contributed by atoms with Gasteiger partial charge in [0.15, 0.2) is 0 Å². The number of hydrogen-bond donors (Lipinski definition) is 2.